The Morgan fingerprint density at radius 3 is 2.88 bits per heavy atom. The molecule has 9 heteroatoms. The Hall–Kier alpha value is -2.65. The summed E-state index contributed by atoms with van der Waals surface area (Å²) in [5.74, 6) is -0.251. The Labute approximate surface area is 147 Å². The van der Waals surface area contributed by atoms with Gasteiger partial charge in [-0.1, -0.05) is 0 Å². The van der Waals surface area contributed by atoms with Gasteiger partial charge in [0, 0.05) is 6.08 Å². The van der Waals surface area contributed by atoms with Crippen molar-refractivity contribution < 1.29 is 23.8 Å². The number of carbonyl (C=O) groups is 2. The number of thioether (sulfide) groups is 1. The average Bonchev–Trinajstić information content (AvgIpc) is 3.38. The maximum atomic E-state index is 11.7. The van der Waals surface area contributed by atoms with E-state index in [9.17, 15) is 9.59 Å². The first kappa shape index (κ1) is 17.2. The van der Waals surface area contributed by atoms with E-state index in [1.54, 1.807) is 6.21 Å². The van der Waals surface area contributed by atoms with Gasteiger partial charge < -0.3 is 14.2 Å². The SMILES string of the molecule is COC(=O)/C=C1/S/C(=N\N=Cc2ccc(OCC3CO3)cc2)NC1=O. The van der Waals surface area contributed by atoms with E-state index in [1.165, 1.54) is 7.11 Å². The summed E-state index contributed by atoms with van der Waals surface area (Å²) in [6.45, 7) is 1.32. The van der Waals surface area contributed by atoms with Crippen LogP contribution in [0.1, 0.15) is 5.56 Å². The van der Waals surface area contributed by atoms with Crippen LogP contribution in [0.2, 0.25) is 0 Å². The van der Waals surface area contributed by atoms with Gasteiger partial charge in [0.2, 0.25) is 0 Å². The van der Waals surface area contributed by atoms with E-state index in [0.29, 0.717) is 11.8 Å². The number of amides is 1. The Bertz CT molecular complexity index is 754. The number of methoxy groups -OCH3 is 1. The molecule has 8 nitrogen and oxygen atoms in total. The van der Waals surface area contributed by atoms with Crippen LogP contribution in [0.3, 0.4) is 0 Å². The van der Waals surface area contributed by atoms with E-state index in [4.69, 9.17) is 9.47 Å². The summed E-state index contributed by atoms with van der Waals surface area (Å²) < 4.78 is 15.1. The van der Waals surface area contributed by atoms with Crippen LogP contribution in [0.5, 0.6) is 5.75 Å². The van der Waals surface area contributed by atoms with Crippen molar-refractivity contribution >= 4 is 35.0 Å². The molecule has 0 radical (unpaired) electrons. The van der Waals surface area contributed by atoms with Crippen molar-refractivity contribution in [3.05, 3.63) is 40.8 Å². The van der Waals surface area contributed by atoms with E-state index >= 15 is 0 Å². The van der Waals surface area contributed by atoms with Crippen LogP contribution in [0.15, 0.2) is 45.4 Å². The Kier molecular flexibility index (Phi) is 5.46. The highest BCUT2D eigenvalue weighted by Crippen LogP contribution is 2.23. The van der Waals surface area contributed by atoms with Crippen LogP contribution in [0.4, 0.5) is 0 Å². The molecule has 2 aliphatic rings. The summed E-state index contributed by atoms with van der Waals surface area (Å²) in [4.78, 5) is 23.0. The molecular weight excluding hydrogens is 346 g/mol. The Balaban J connectivity index is 1.55. The molecule has 2 saturated heterocycles. The van der Waals surface area contributed by atoms with E-state index in [0.717, 1.165) is 35.8 Å². The molecular formula is C16H15N3O5S. The Morgan fingerprint density at radius 2 is 2.20 bits per heavy atom. The van der Waals surface area contributed by atoms with Crippen molar-refractivity contribution in [1.82, 2.24) is 5.32 Å². The number of nitrogens with zero attached hydrogens (tertiary/aromatic N) is 2. The second-order valence-corrected chi connectivity index (χ2v) is 6.10. The van der Waals surface area contributed by atoms with Gasteiger partial charge in [0.25, 0.3) is 5.91 Å². The number of nitrogens with one attached hydrogen (secondary N) is 1. The molecule has 25 heavy (non-hydrogen) atoms. The summed E-state index contributed by atoms with van der Waals surface area (Å²) in [7, 11) is 1.24. The minimum atomic E-state index is -0.599. The fourth-order valence-corrected chi connectivity index (χ4v) is 2.53. The number of benzene rings is 1. The maximum Gasteiger partial charge on any atom is 0.331 e. The molecule has 130 valence electrons. The molecule has 0 aliphatic carbocycles. The van der Waals surface area contributed by atoms with Gasteiger partial charge in [0.05, 0.1) is 24.8 Å². The number of rotatable bonds is 6. The molecule has 0 aromatic heterocycles. The van der Waals surface area contributed by atoms with Gasteiger partial charge in [-0.2, -0.15) is 5.10 Å². The highest BCUT2D eigenvalue weighted by Gasteiger charge is 2.25. The zero-order chi connectivity index (χ0) is 17.6. The minimum absolute atomic E-state index is 0.210. The van der Waals surface area contributed by atoms with Crippen LogP contribution in [0, 0.1) is 0 Å². The first-order chi connectivity index (χ1) is 12.1. The second kappa shape index (κ2) is 7.95. The molecule has 2 heterocycles. The quantitative estimate of drug-likeness (QED) is 0.267. The summed E-state index contributed by atoms with van der Waals surface area (Å²) in [6.07, 6.45) is 2.88. The van der Waals surface area contributed by atoms with E-state index in [-0.39, 0.29) is 11.0 Å². The summed E-state index contributed by atoms with van der Waals surface area (Å²) >= 11 is 1.02. The van der Waals surface area contributed by atoms with Crippen molar-refractivity contribution in [2.75, 3.05) is 20.3 Å². The molecule has 1 N–H and O–H groups in total. The van der Waals surface area contributed by atoms with Crippen LogP contribution >= 0.6 is 11.8 Å². The molecule has 1 atom stereocenters. The number of hydrogen-bond donors (Lipinski definition) is 1. The lowest BCUT2D eigenvalue weighted by Gasteiger charge is -2.03. The second-order valence-electron chi connectivity index (χ2n) is 5.07. The summed E-state index contributed by atoms with van der Waals surface area (Å²) in [5, 5.41) is 10.7. The normalized spacial score (nSPS) is 22.4. The van der Waals surface area contributed by atoms with Gasteiger partial charge in [-0.3, -0.25) is 10.1 Å². The Morgan fingerprint density at radius 1 is 1.44 bits per heavy atom. The van der Waals surface area contributed by atoms with Crippen LogP contribution < -0.4 is 10.1 Å². The molecule has 2 fully saturated rings. The highest BCUT2D eigenvalue weighted by molar-refractivity contribution is 8.18. The lowest BCUT2D eigenvalue weighted by atomic mass is 10.2. The predicted octanol–water partition coefficient (Wildman–Crippen LogP) is 1.07. The van der Waals surface area contributed by atoms with Gasteiger partial charge in [0.1, 0.15) is 18.5 Å². The van der Waals surface area contributed by atoms with Crippen molar-refractivity contribution in [2.24, 2.45) is 10.2 Å². The van der Waals surface area contributed by atoms with Gasteiger partial charge >= 0.3 is 5.97 Å². The number of ether oxygens (including phenoxy) is 3. The number of hydrogen-bond acceptors (Lipinski definition) is 8. The third-order valence-corrected chi connectivity index (χ3v) is 4.07. The number of esters is 1. The zero-order valence-corrected chi connectivity index (χ0v) is 14.1. The van der Waals surface area contributed by atoms with Gasteiger partial charge in [0.15, 0.2) is 5.17 Å². The van der Waals surface area contributed by atoms with E-state index in [1.807, 2.05) is 24.3 Å². The number of amidine groups is 1. The fraction of sp³-hybridized carbons (Fsp3) is 0.250. The lowest BCUT2D eigenvalue weighted by Crippen LogP contribution is -2.19. The van der Waals surface area contributed by atoms with E-state index in [2.05, 4.69) is 20.3 Å². The molecule has 2 aliphatic heterocycles. The van der Waals surface area contributed by atoms with Crippen LogP contribution in [-0.2, 0) is 19.1 Å². The number of carbonyl (C=O) groups excluding carboxylic acids is 2. The monoisotopic (exact) mass is 361 g/mol. The number of epoxide rings is 1. The standard InChI is InChI=1S/C16H15N3O5S/c1-22-14(20)6-13-15(21)18-16(25-13)19-17-7-10-2-4-11(5-3-10)23-8-12-9-24-12/h2-7,12H,8-9H2,1H3,(H,18,19,21)/b13-6+,17-7?. The summed E-state index contributed by atoms with van der Waals surface area (Å²) in [6, 6.07) is 7.35. The molecule has 1 unspecified atom stereocenters. The van der Waals surface area contributed by atoms with Crippen molar-refractivity contribution in [3.63, 3.8) is 0 Å². The summed E-state index contributed by atoms with van der Waals surface area (Å²) in [5.41, 5.74) is 0.832. The minimum Gasteiger partial charge on any atom is -0.491 e. The molecule has 0 spiro atoms. The first-order valence-corrected chi connectivity index (χ1v) is 8.20. The first-order valence-electron chi connectivity index (χ1n) is 7.38. The smallest absolute Gasteiger partial charge is 0.331 e. The molecule has 3 rings (SSSR count). The molecule has 1 amide bonds. The molecule has 0 saturated carbocycles. The van der Waals surface area contributed by atoms with Crippen molar-refractivity contribution in [1.29, 1.82) is 0 Å². The molecule has 0 bridgehead atoms. The van der Waals surface area contributed by atoms with Crippen LogP contribution in [-0.4, -0.2) is 49.7 Å². The van der Waals surface area contributed by atoms with Crippen LogP contribution in [0.25, 0.3) is 0 Å². The zero-order valence-electron chi connectivity index (χ0n) is 13.3. The highest BCUT2D eigenvalue weighted by atomic mass is 32.2. The maximum absolute atomic E-state index is 11.7. The lowest BCUT2D eigenvalue weighted by molar-refractivity contribution is -0.135. The largest absolute Gasteiger partial charge is 0.491 e. The van der Waals surface area contributed by atoms with Crippen molar-refractivity contribution in [2.45, 2.75) is 6.10 Å². The average molecular weight is 361 g/mol. The topological polar surface area (TPSA) is 102 Å². The van der Waals surface area contributed by atoms with Gasteiger partial charge in [-0.25, -0.2) is 4.79 Å². The van der Waals surface area contributed by atoms with E-state index < -0.39 is 11.9 Å². The molecule has 1 aromatic carbocycles. The molecule has 1 aromatic rings. The van der Waals surface area contributed by atoms with Gasteiger partial charge in [-0.05, 0) is 41.6 Å². The third kappa shape index (κ3) is 5.16. The third-order valence-electron chi connectivity index (χ3n) is 3.17. The van der Waals surface area contributed by atoms with Gasteiger partial charge in [-0.15, -0.1) is 5.10 Å². The fourth-order valence-electron chi connectivity index (χ4n) is 1.79. The predicted molar refractivity (Wildman–Crippen MR) is 92.5 cm³/mol. The van der Waals surface area contributed by atoms with Crippen molar-refractivity contribution in [3.8, 4) is 5.75 Å².